The van der Waals surface area contributed by atoms with Crippen LogP contribution in [-0.4, -0.2) is 30.5 Å². The van der Waals surface area contributed by atoms with Crippen LogP contribution in [0.1, 0.15) is 39.7 Å². The molecule has 1 unspecified atom stereocenters. The zero-order valence-corrected chi connectivity index (χ0v) is 13.2. The summed E-state index contributed by atoms with van der Waals surface area (Å²) in [6, 6.07) is 5.90. The molecule has 0 aromatic heterocycles. The number of rotatable bonds is 8. The highest BCUT2D eigenvalue weighted by molar-refractivity contribution is 5.43. The molecule has 0 radical (unpaired) electrons. The second-order valence-corrected chi connectivity index (χ2v) is 5.61. The van der Waals surface area contributed by atoms with Gasteiger partial charge in [-0.15, -0.1) is 0 Å². The maximum atomic E-state index is 9.94. The number of methoxy groups -OCH3 is 1. The molecule has 0 amide bonds. The lowest BCUT2D eigenvalue weighted by Gasteiger charge is -2.22. The molecule has 20 heavy (non-hydrogen) atoms. The Kier molecular flexibility index (Phi) is 6.30. The second kappa shape index (κ2) is 7.50. The van der Waals surface area contributed by atoms with Gasteiger partial charge in [0.25, 0.3) is 0 Å². The average molecular weight is 281 g/mol. The highest BCUT2D eigenvalue weighted by atomic mass is 16.5. The summed E-state index contributed by atoms with van der Waals surface area (Å²) >= 11 is 0. The molecule has 4 nitrogen and oxygen atoms in total. The molecule has 1 rings (SSSR count). The molecule has 1 aromatic carbocycles. The van der Waals surface area contributed by atoms with E-state index >= 15 is 0 Å². The van der Waals surface area contributed by atoms with Gasteiger partial charge >= 0.3 is 0 Å². The summed E-state index contributed by atoms with van der Waals surface area (Å²) in [5.74, 6) is 1.49. The number of benzene rings is 1. The second-order valence-electron chi connectivity index (χ2n) is 5.61. The first-order chi connectivity index (χ1) is 9.38. The van der Waals surface area contributed by atoms with Crippen molar-refractivity contribution >= 4 is 0 Å². The van der Waals surface area contributed by atoms with Gasteiger partial charge in [0, 0.05) is 13.1 Å². The number of hydrogen-bond donors (Lipinski definition) is 2. The van der Waals surface area contributed by atoms with E-state index in [4.69, 9.17) is 9.47 Å². The Morgan fingerprint density at radius 1 is 1.30 bits per heavy atom. The molecular formula is C16H27NO3. The molecule has 0 heterocycles. The predicted molar refractivity (Wildman–Crippen MR) is 81.4 cm³/mol. The molecule has 0 aliphatic carbocycles. The molecule has 0 saturated carbocycles. The van der Waals surface area contributed by atoms with Gasteiger partial charge in [-0.05, 0) is 44.9 Å². The topological polar surface area (TPSA) is 50.7 Å². The molecule has 0 bridgehead atoms. The Labute approximate surface area is 122 Å². The van der Waals surface area contributed by atoms with E-state index in [1.54, 1.807) is 7.11 Å². The predicted octanol–water partition coefficient (Wildman–Crippen LogP) is 2.73. The van der Waals surface area contributed by atoms with Crippen LogP contribution >= 0.6 is 0 Å². The van der Waals surface area contributed by atoms with Crippen LogP contribution in [0.15, 0.2) is 18.2 Å². The van der Waals surface area contributed by atoms with Crippen LogP contribution in [-0.2, 0) is 6.54 Å². The number of hydrogen-bond acceptors (Lipinski definition) is 4. The highest BCUT2D eigenvalue weighted by Gasteiger charge is 2.16. The van der Waals surface area contributed by atoms with Crippen molar-refractivity contribution in [2.24, 2.45) is 0 Å². The summed E-state index contributed by atoms with van der Waals surface area (Å²) < 4.78 is 11.0. The summed E-state index contributed by atoms with van der Waals surface area (Å²) in [6.45, 7) is 9.04. The van der Waals surface area contributed by atoms with E-state index in [0.717, 1.165) is 23.5 Å². The Morgan fingerprint density at radius 3 is 2.55 bits per heavy atom. The van der Waals surface area contributed by atoms with E-state index in [2.05, 4.69) is 5.32 Å². The highest BCUT2D eigenvalue weighted by Crippen LogP contribution is 2.28. The lowest BCUT2D eigenvalue weighted by Crippen LogP contribution is -2.36. The lowest BCUT2D eigenvalue weighted by atomic mass is 10.0. The van der Waals surface area contributed by atoms with Crippen molar-refractivity contribution in [3.05, 3.63) is 23.8 Å². The molecule has 0 aliphatic heterocycles. The van der Waals surface area contributed by atoms with E-state index < -0.39 is 5.60 Å². The third kappa shape index (κ3) is 5.39. The normalized spacial score (nSPS) is 14.2. The first-order valence-electron chi connectivity index (χ1n) is 7.14. The van der Waals surface area contributed by atoms with Crippen LogP contribution in [0.3, 0.4) is 0 Å². The van der Waals surface area contributed by atoms with Crippen LogP contribution in [0.2, 0.25) is 0 Å². The fourth-order valence-corrected chi connectivity index (χ4v) is 1.77. The van der Waals surface area contributed by atoms with Crippen LogP contribution in [0.5, 0.6) is 11.5 Å². The van der Waals surface area contributed by atoms with E-state index in [1.165, 1.54) is 0 Å². The third-order valence-corrected chi connectivity index (χ3v) is 3.19. The fourth-order valence-electron chi connectivity index (χ4n) is 1.77. The van der Waals surface area contributed by atoms with E-state index in [1.807, 2.05) is 45.9 Å². The molecule has 114 valence electrons. The van der Waals surface area contributed by atoms with Gasteiger partial charge < -0.3 is 19.9 Å². The quantitative estimate of drug-likeness (QED) is 0.769. The molecule has 1 atom stereocenters. The molecule has 4 heteroatoms. The van der Waals surface area contributed by atoms with Crippen molar-refractivity contribution in [1.82, 2.24) is 5.32 Å². The van der Waals surface area contributed by atoms with Crippen LogP contribution in [0, 0.1) is 0 Å². The first kappa shape index (κ1) is 16.8. The van der Waals surface area contributed by atoms with Crippen LogP contribution in [0.4, 0.5) is 0 Å². The summed E-state index contributed by atoms with van der Waals surface area (Å²) in [4.78, 5) is 0. The van der Waals surface area contributed by atoms with Crippen molar-refractivity contribution in [3.63, 3.8) is 0 Å². The minimum absolute atomic E-state index is 0.118. The first-order valence-corrected chi connectivity index (χ1v) is 7.14. The molecule has 1 aromatic rings. The van der Waals surface area contributed by atoms with Crippen LogP contribution < -0.4 is 14.8 Å². The van der Waals surface area contributed by atoms with Gasteiger partial charge in [-0.3, -0.25) is 0 Å². The molecular weight excluding hydrogens is 254 g/mol. The number of nitrogens with one attached hydrogen (secondary N) is 1. The fraction of sp³-hybridized carbons (Fsp3) is 0.625. The zero-order chi connectivity index (χ0) is 15.2. The maximum absolute atomic E-state index is 9.94. The minimum atomic E-state index is -0.662. The molecule has 2 N–H and O–H groups in total. The SMILES string of the molecule is CCC(C)(O)CNCc1ccc(OC(C)C)c(OC)c1. The lowest BCUT2D eigenvalue weighted by molar-refractivity contribution is 0.0555. The minimum Gasteiger partial charge on any atom is -0.493 e. The van der Waals surface area contributed by atoms with E-state index in [0.29, 0.717) is 13.1 Å². The molecule has 0 fully saturated rings. The number of aliphatic hydroxyl groups is 1. The van der Waals surface area contributed by atoms with Crippen molar-refractivity contribution in [2.75, 3.05) is 13.7 Å². The standard InChI is InChI=1S/C16H27NO3/c1-6-16(4,18)11-17-10-13-7-8-14(20-12(2)3)15(9-13)19-5/h7-9,12,17-18H,6,10-11H2,1-5H3. The summed E-state index contributed by atoms with van der Waals surface area (Å²) in [6.07, 6.45) is 0.845. The molecule has 0 aliphatic rings. The zero-order valence-electron chi connectivity index (χ0n) is 13.2. The number of ether oxygens (including phenoxy) is 2. The Bertz CT molecular complexity index is 416. The van der Waals surface area contributed by atoms with Crippen LogP contribution in [0.25, 0.3) is 0 Å². The van der Waals surface area contributed by atoms with Gasteiger partial charge in [-0.2, -0.15) is 0 Å². The monoisotopic (exact) mass is 281 g/mol. The third-order valence-electron chi connectivity index (χ3n) is 3.19. The Balaban J connectivity index is 2.64. The van der Waals surface area contributed by atoms with Gasteiger partial charge in [0.05, 0.1) is 18.8 Å². The van der Waals surface area contributed by atoms with E-state index in [9.17, 15) is 5.11 Å². The van der Waals surface area contributed by atoms with Gasteiger partial charge in [0.15, 0.2) is 11.5 Å². The Morgan fingerprint density at radius 2 is 2.00 bits per heavy atom. The average Bonchev–Trinajstić information content (AvgIpc) is 2.39. The smallest absolute Gasteiger partial charge is 0.161 e. The van der Waals surface area contributed by atoms with Crippen molar-refractivity contribution in [1.29, 1.82) is 0 Å². The molecule has 0 spiro atoms. The van der Waals surface area contributed by atoms with Gasteiger partial charge in [-0.1, -0.05) is 13.0 Å². The molecule has 0 saturated heterocycles. The van der Waals surface area contributed by atoms with Gasteiger partial charge in [0.1, 0.15) is 0 Å². The van der Waals surface area contributed by atoms with E-state index in [-0.39, 0.29) is 6.10 Å². The van der Waals surface area contributed by atoms with Gasteiger partial charge in [-0.25, -0.2) is 0 Å². The van der Waals surface area contributed by atoms with Crippen molar-refractivity contribution < 1.29 is 14.6 Å². The summed E-state index contributed by atoms with van der Waals surface area (Å²) in [5.41, 5.74) is 0.440. The maximum Gasteiger partial charge on any atom is 0.161 e. The Hall–Kier alpha value is -1.26. The summed E-state index contributed by atoms with van der Waals surface area (Å²) in [7, 11) is 1.64. The summed E-state index contributed by atoms with van der Waals surface area (Å²) in [5, 5.41) is 13.2. The van der Waals surface area contributed by atoms with Gasteiger partial charge in [0.2, 0.25) is 0 Å². The largest absolute Gasteiger partial charge is 0.493 e. The van der Waals surface area contributed by atoms with Crippen molar-refractivity contribution in [2.45, 2.75) is 52.4 Å². The van der Waals surface area contributed by atoms with Crippen molar-refractivity contribution in [3.8, 4) is 11.5 Å².